The molecule has 0 bridgehead atoms. The third-order valence-electron chi connectivity index (χ3n) is 9.64. The molecule has 0 spiro atoms. The fourth-order valence-electron chi connectivity index (χ4n) is 7.02. The van der Waals surface area contributed by atoms with Crippen LogP contribution in [0.4, 0.5) is 0 Å². The summed E-state index contributed by atoms with van der Waals surface area (Å²) < 4.78 is 80.8. The summed E-state index contributed by atoms with van der Waals surface area (Å²) in [6.45, 7) is 0. The number of benzene rings is 8. The highest BCUT2D eigenvalue weighted by Gasteiger charge is 2.20. The van der Waals surface area contributed by atoms with E-state index in [1.807, 2.05) is 127 Å². The molecule has 0 amide bonds. The van der Waals surface area contributed by atoms with Crippen molar-refractivity contribution >= 4 is 21.8 Å². The Bertz CT molecular complexity index is 3400. The minimum absolute atomic E-state index is 0.0452. The smallest absolute Gasteiger partial charge is 0.166 e. The molecule has 0 aliphatic rings. The predicted molar refractivity (Wildman–Crippen MR) is 227 cm³/mol. The molecule has 2 heterocycles. The predicted octanol–water partition coefficient (Wildman–Crippen LogP) is 13.0. The molecule has 0 saturated heterocycles. The number of nitrogens with zero attached hydrogens (tertiary/aromatic N) is 4. The SMILES string of the molecule is [2H]c1c([2H])c([2H])c(-c2c([2H])c([2H])c([2H])c(-c3ccc(-c4nc(-c5ccccc5)nc(-c5ccc(-c6ccccc6)cc5)n4)c(-n4c5ccccc5c5ccccc54)c3)c2[2H])c([2H])c1[2H]. The van der Waals surface area contributed by atoms with Crippen LogP contribution in [0.15, 0.2) is 206 Å². The van der Waals surface area contributed by atoms with Gasteiger partial charge in [0.05, 0.1) is 29.1 Å². The maximum atomic E-state index is 9.53. The number of hydrogen-bond acceptors (Lipinski definition) is 3. The van der Waals surface area contributed by atoms with E-state index in [0.29, 0.717) is 34.3 Å². The third kappa shape index (κ3) is 6.06. The standard InChI is InChI=1S/C51H34N4/c1-4-15-35(16-5-1)37-27-29-39(30-28-37)50-52-49(38-19-8-3-9-20-38)53-51(54-50)45-32-31-42(41-22-14-21-40(33-41)36-17-6-2-7-18-36)34-48(45)55-46-25-12-10-23-43(46)44-24-11-13-26-47(44)55/h1-34H/i2D,6D,7D,14D,17D,18D,21D,22D,33D. The van der Waals surface area contributed by atoms with Crippen LogP contribution < -0.4 is 0 Å². The molecule has 258 valence electrons. The van der Waals surface area contributed by atoms with E-state index in [1.54, 1.807) is 12.1 Å². The highest BCUT2D eigenvalue weighted by atomic mass is 15.1. The van der Waals surface area contributed by atoms with E-state index in [1.165, 1.54) is 0 Å². The fourth-order valence-corrected chi connectivity index (χ4v) is 7.02. The van der Waals surface area contributed by atoms with Crippen LogP contribution in [0, 0.1) is 0 Å². The van der Waals surface area contributed by atoms with Gasteiger partial charge in [0.2, 0.25) is 0 Å². The van der Waals surface area contributed by atoms with Gasteiger partial charge in [0.1, 0.15) is 0 Å². The van der Waals surface area contributed by atoms with Gasteiger partial charge in [-0.2, -0.15) is 0 Å². The topological polar surface area (TPSA) is 43.6 Å². The fraction of sp³-hybridized carbons (Fsp3) is 0. The van der Waals surface area contributed by atoms with Gasteiger partial charge in [0, 0.05) is 27.5 Å². The number of para-hydroxylation sites is 2. The second-order valence-electron chi connectivity index (χ2n) is 13.0. The molecule has 0 saturated carbocycles. The van der Waals surface area contributed by atoms with Gasteiger partial charge in [-0.25, -0.2) is 15.0 Å². The molecular formula is C51H34N4. The summed E-state index contributed by atoms with van der Waals surface area (Å²) >= 11 is 0. The van der Waals surface area contributed by atoms with Crippen molar-refractivity contribution in [2.75, 3.05) is 0 Å². The van der Waals surface area contributed by atoms with Crippen molar-refractivity contribution < 1.29 is 12.3 Å². The van der Waals surface area contributed by atoms with E-state index in [9.17, 15) is 2.74 Å². The monoisotopic (exact) mass is 711 g/mol. The molecule has 0 fully saturated rings. The van der Waals surface area contributed by atoms with Crippen molar-refractivity contribution in [1.82, 2.24) is 19.5 Å². The molecule has 4 heteroatoms. The van der Waals surface area contributed by atoms with E-state index >= 15 is 0 Å². The second-order valence-corrected chi connectivity index (χ2v) is 13.0. The van der Waals surface area contributed by atoms with Gasteiger partial charge in [0.25, 0.3) is 0 Å². The Kier molecular flexibility index (Phi) is 6.04. The minimum atomic E-state index is -0.630. The van der Waals surface area contributed by atoms with Gasteiger partial charge in [-0.15, -0.1) is 0 Å². The lowest BCUT2D eigenvalue weighted by Crippen LogP contribution is -2.04. The number of fused-ring (bicyclic) bond motifs is 3. The van der Waals surface area contributed by atoms with Crippen LogP contribution in [0.5, 0.6) is 0 Å². The van der Waals surface area contributed by atoms with Crippen LogP contribution in [0.2, 0.25) is 0 Å². The van der Waals surface area contributed by atoms with Gasteiger partial charge < -0.3 is 4.57 Å². The highest BCUT2D eigenvalue weighted by molar-refractivity contribution is 6.09. The van der Waals surface area contributed by atoms with Gasteiger partial charge in [0.15, 0.2) is 17.5 Å². The molecule has 0 N–H and O–H groups in total. The Hall–Kier alpha value is -7.43. The summed E-state index contributed by atoms with van der Waals surface area (Å²) in [5.41, 5.74) is 6.12. The average molecular weight is 712 g/mol. The van der Waals surface area contributed by atoms with Gasteiger partial charge in [-0.3, -0.25) is 0 Å². The van der Waals surface area contributed by atoms with E-state index in [2.05, 4.69) is 16.7 Å². The van der Waals surface area contributed by atoms with Crippen LogP contribution in [-0.4, -0.2) is 19.5 Å². The molecule has 10 aromatic rings. The van der Waals surface area contributed by atoms with Crippen LogP contribution >= 0.6 is 0 Å². The Balaban J connectivity index is 1.26. The van der Waals surface area contributed by atoms with Crippen molar-refractivity contribution in [3.8, 4) is 73.2 Å². The first kappa shape index (κ1) is 24.0. The lowest BCUT2D eigenvalue weighted by atomic mass is 9.97. The van der Waals surface area contributed by atoms with Crippen molar-refractivity contribution in [3.63, 3.8) is 0 Å². The summed E-state index contributed by atoms with van der Waals surface area (Å²) in [7, 11) is 0. The van der Waals surface area contributed by atoms with Crippen LogP contribution in [-0.2, 0) is 0 Å². The molecule has 8 aromatic carbocycles. The molecule has 10 rings (SSSR count). The quantitative estimate of drug-likeness (QED) is 0.165. The molecule has 2 aromatic heterocycles. The number of rotatable bonds is 7. The summed E-state index contributed by atoms with van der Waals surface area (Å²) in [4.78, 5) is 15.2. The Labute approximate surface area is 332 Å². The Morgan fingerprint density at radius 3 is 1.49 bits per heavy atom. The third-order valence-corrected chi connectivity index (χ3v) is 9.64. The molecule has 0 unspecified atom stereocenters. The lowest BCUT2D eigenvalue weighted by molar-refractivity contribution is 1.06. The van der Waals surface area contributed by atoms with Gasteiger partial charge >= 0.3 is 0 Å². The van der Waals surface area contributed by atoms with Gasteiger partial charge in [-0.05, 0) is 63.7 Å². The maximum Gasteiger partial charge on any atom is 0.166 e. The van der Waals surface area contributed by atoms with Crippen LogP contribution in [0.3, 0.4) is 0 Å². The normalized spacial score (nSPS) is 13.6. The summed E-state index contributed by atoms with van der Waals surface area (Å²) in [6, 6.07) is 44.0. The van der Waals surface area contributed by atoms with Crippen LogP contribution in [0.1, 0.15) is 12.3 Å². The highest BCUT2D eigenvalue weighted by Crippen LogP contribution is 2.39. The Morgan fingerprint density at radius 2 is 0.836 bits per heavy atom. The minimum Gasteiger partial charge on any atom is -0.308 e. The van der Waals surface area contributed by atoms with Crippen molar-refractivity contribution in [3.05, 3.63) is 206 Å². The summed E-state index contributed by atoms with van der Waals surface area (Å²) in [6.07, 6.45) is 0. The lowest BCUT2D eigenvalue weighted by Gasteiger charge is -2.17. The molecule has 0 aliphatic heterocycles. The first-order chi connectivity index (χ1) is 31.0. The largest absolute Gasteiger partial charge is 0.308 e. The maximum absolute atomic E-state index is 9.53. The first-order valence-electron chi connectivity index (χ1n) is 22.3. The van der Waals surface area contributed by atoms with Crippen molar-refractivity contribution in [2.24, 2.45) is 0 Å². The Morgan fingerprint density at radius 1 is 0.364 bits per heavy atom. The molecule has 0 atom stereocenters. The molecule has 55 heavy (non-hydrogen) atoms. The van der Waals surface area contributed by atoms with Crippen molar-refractivity contribution in [2.45, 2.75) is 0 Å². The summed E-state index contributed by atoms with van der Waals surface area (Å²) in [5, 5.41) is 1.96. The van der Waals surface area contributed by atoms with Crippen molar-refractivity contribution in [1.29, 1.82) is 0 Å². The van der Waals surface area contributed by atoms with Crippen LogP contribution in [0.25, 0.3) is 95.0 Å². The molecular weight excluding hydrogens is 669 g/mol. The molecule has 0 aliphatic carbocycles. The van der Waals surface area contributed by atoms with E-state index in [0.717, 1.165) is 44.1 Å². The van der Waals surface area contributed by atoms with E-state index in [-0.39, 0.29) is 16.7 Å². The zero-order valence-corrected chi connectivity index (χ0v) is 29.2. The van der Waals surface area contributed by atoms with E-state index in [4.69, 9.17) is 24.5 Å². The zero-order valence-electron chi connectivity index (χ0n) is 38.2. The number of hydrogen-bond donors (Lipinski definition) is 0. The second kappa shape index (κ2) is 13.8. The van der Waals surface area contributed by atoms with E-state index < -0.39 is 54.4 Å². The van der Waals surface area contributed by atoms with Gasteiger partial charge in [-0.1, -0.05) is 176 Å². The molecule has 0 radical (unpaired) electrons. The first-order valence-corrected chi connectivity index (χ1v) is 17.8. The molecule has 4 nitrogen and oxygen atoms in total. The summed E-state index contributed by atoms with van der Waals surface area (Å²) in [5.74, 6) is 1.23. The zero-order chi connectivity index (χ0) is 44.4. The number of aromatic nitrogens is 4. The average Bonchev–Trinajstić information content (AvgIpc) is 3.68.